The molecule has 1 aliphatic rings. The molecule has 1 aromatic carbocycles. The van der Waals surface area contributed by atoms with Crippen LogP contribution in [0, 0.1) is 13.8 Å². The lowest BCUT2D eigenvalue weighted by molar-refractivity contribution is -0.121. The van der Waals surface area contributed by atoms with Crippen LogP contribution in [-0.4, -0.2) is 28.5 Å². The predicted molar refractivity (Wildman–Crippen MR) is 110 cm³/mol. The maximum atomic E-state index is 13.0. The summed E-state index contributed by atoms with van der Waals surface area (Å²) in [5.41, 5.74) is 3.98. The van der Waals surface area contributed by atoms with Crippen LogP contribution in [0.25, 0.3) is 0 Å². The molecule has 0 unspecified atom stereocenters. The first kappa shape index (κ1) is 20.5. The molecule has 29 heavy (non-hydrogen) atoms. The highest BCUT2D eigenvalue weighted by atomic mass is 16.2. The molecule has 2 heterocycles. The van der Waals surface area contributed by atoms with E-state index < -0.39 is 0 Å². The van der Waals surface area contributed by atoms with Crippen molar-refractivity contribution in [2.45, 2.75) is 53.4 Å². The highest BCUT2D eigenvalue weighted by molar-refractivity contribution is 6.20. The molecule has 7 heteroatoms. The van der Waals surface area contributed by atoms with Crippen LogP contribution in [0.2, 0.25) is 0 Å². The maximum Gasteiger partial charge on any atom is 0.272 e. The number of rotatable bonds is 5. The van der Waals surface area contributed by atoms with Crippen LogP contribution >= 0.6 is 0 Å². The van der Waals surface area contributed by atoms with Crippen LogP contribution in [0.15, 0.2) is 18.2 Å². The van der Waals surface area contributed by atoms with Crippen molar-refractivity contribution in [1.82, 2.24) is 4.98 Å². The largest absolute Gasteiger partial charge is 0.354 e. The molecule has 0 atom stereocenters. The minimum absolute atomic E-state index is 0.0214. The Labute approximate surface area is 169 Å². The van der Waals surface area contributed by atoms with Gasteiger partial charge >= 0.3 is 0 Å². The minimum atomic E-state index is -0.372. The van der Waals surface area contributed by atoms with Crippen molar-refractivity contribution in [2.75, 3.05) is 10.2 Å². The Morgan fingerprint density at radius 1 is 1.10 bits per heavy atom. The number of amides is 3. The van der Waals surface area contributed by atoms with E-state index >= 15 is 0 Å². The number of hydrogen-bond donors (Lipinski definition) is 2. The van der Waals surface area contributed by atoms with Gasteiger partial charge in [-0.05, 0) is 49.9 Å². The molecule has 3 amide bonds. The van der Waals surface area contributed by atoms with Gasteiger partial charge in [-0.15, -0.1) is 0 Å². The molecule has 0 bridgehead atoms. The van der Waals surface area contributed by atoms with Gasteiger partial charge in [0, 0.05) is 29.8 Å². The van der Waals surface area contributed by atoms with Crippen molar-refractivity contribution in [3.63, 3.8) is 0 Å². The van der Waals surface area contributed by atoms with Crippen molar-refractivity contribution in [3.05, 3.63) is 46.3 Å². The van der Waals surface area contributed by atoms with Gasteiger partial charge < -0.3 is 10.3 Å². The lowest BCUT2D eigenvalue weighted by atomic mass is 9.95. The number of ketones is 1. The summed E-state index contributed by atoms with van der Waals surface area (Å²) in [6.07, 6.45) is 0.392. The minimum Gasteiger partial charge on any atom is -0.354 e. The molecule has 3 rings (SSSR count). The molecule has 0 saturated carbocycles. The number of Topliss-reactive ketones (excluding diaryl/α,β-unsaturated/α-hetero) is 1. The first-order valence-electron chi connectivity index (χ1n) is 9.63. The summed E-state index contributed by atoms with van der Waals surface area (Å²) in [5, 5.41) is 2.86. The summed E-state index contributed by atoms with van der Waals surface area (Å²) >= 11 is 0. The van der Waals surface area contributed by atoms with Gasteiger partial charge in [-0.1, -0.05) is 19.9 Å². The van der Waals surface area contributed by atoms with Gasteiger partial charge in [0.15, 0.2) is 5.78 Å². The van der Waals surface area contributed by atoms with E-state index in [4.69, 9.17) is 0 Å². The monoisotopic (exact) mass is 395 g/mol. The standard InChI is InChI=1S/C22H25N3O4/c1-11(2)19-20(14(5)26)13(4)23-21(19)22(29)24-16-10-15(7-6-12(16)3)25-17(27)8-9-18(25)28/h6-7,10-11,23H,8-9H2,1-5H3,(H,24,29). The Kier molecular flexibility index (Phi) is 5.42. The number of H-pyrrole nitrogens is 1. The van der Waals surface area contributed by atoms with E-state index in [-0.39, 0.29) is 42.3 Å². The Morgan fingerprint density at radius 2 is 1.72 bits per heavy atom. The molecule has 152 valence electrons. The van der Waals surface area contributed by atoms with Gasteiger partial charge in [0.05, 0.1) is 5.69 Å². The quantitative estimate of drug-likeness (QED) is 0.593. The summed E-state index contributed by atoms with van der Waals surface area (Å²) in [6.45, 7) is 8.96. The van der Waals surface area contributed by atoms with Gasteiger partial charge in [0.25, 0.3) is 5.91 Å². The Balaban J connectivity index is 1.97. The van der Waals surface area contributed by atoms with Crippen LogP contribution in [0.3, 0.4) is 0 Å². The third-order valence-electron chi connectivity index (χ3n) is 5.16. The van der Waals surface area contributed by atoms with Crippen LogP contribution in [0.4, 0.5) is 11.4 Å². The summed E-state index contributed by atoms with van der Waals surface area (Å²) < 4.78 is 0. The number of benzene rings is 1. The number of anilines is 2. The average molecular weight is 395 g/mol. The number of carbonyl (C=O) groups is 4. The first-order valence-corrected chi connectivity index (χ1v) is 9.63. The molecule has 0 radical (unpaired) electrons. The van der Waals surface area contributed by atoms with E-state index in [9.17, 15) is 19.2 Å². The van der Waals surface area contributed by atoms with Gasteiger partial charge in [-0.25, -0.2) is 0 Å². The normalized spacial score (nSPS) is 14.1. The van der Waals surface area contributed by atoms with Crippen molar-refractivity contribution in [2.24, 2.45) is 0 Å². The fourth-order valence-electron chi connectivity index (χ4n) is 3.79. The fourth-order valence-corrected chi connectivity index (χ4v) is 3.79. The third kappa shape index (κ3) is 3.72. The van der Waals surface area contributed by atoms with Crippen molar-refractivity contribution in [3.8, 4) is 0 Å². The number of hydrogen-bond acceptors (Lipinski definition) is 4. The molecule has 7 nitrogen and oxygen atoms in total. The van der Waals surface area contributed by atoms with Gasteiger partial charge in [-0.3, -0.25) is 24.1 Å². The zero-order valence-electron chi connectivity index (χ0n) is 17.3. The maximum absolute atomic E-state index is 13.0. The number of nitrogens with one attached hydrogen (secondary N) is 2. The Hall–Kier alpha value is -3.22. The summed E-state index contributed by atoms with van der Waals surface area (Å²) in [6, 6.07) is 5.08. The molecular weight excluding hydrogens is 370 g/mol. The molecule has 0 spiro atoms. The molecule has 2 N–H and O–H groups in total. The van der Waals surface area contributed by atoms with Crippen LogP contribution < -0.4 is 10.2 Å². The summed E-state index contributed by atoms with van der Waals surface area (Å²) in [4.78, 5) is 53.4. The number of aryl methyl sites for hydroxylation is 2. The smallest absolute Gasteiger partial charge is 0.272 e. The SMILES string of the molecule is CC(=O)c1c(C)[nH]c(C(=O)Nc2cc(N3C(=O)CCC3=O)ccc2C)c1C(C)C. The molecular formula is C22H25N3O4. The van der Waals surface area contributed by atoms with Gasteiger partial charge in [-0.2, -0.15) is 0 Å². The van der Waals surface area contributed by atoms with E-state index in [1.165, 1.54) is 6.92 Å². The lowest BCUT2D eigenvalue weighted by Gasteiger charge is -2.17. The van der Waals surface area contributed by atoms with Crippen LogP contribution in [0.5, 0.6) is 0 Å². The molecule has 0 aliphatic carbocycles. The number of aromatic amines is 1. The molecule has 1 aliphatic heterocycles. The average Bonchev–Trinajstić information content (AvgIpc) is 3.16. The zero-order chi connectivity index (χ0) is 21.5. The van der Waals surface area contributed by atoms with E-state index in [0.717, 1.165) is 10.5 Å². The summed E-state index contributed by atoms with van der Waals surface area (Å²) in [5.74, 6) is -0.977. The van der Waals surface area contributed by atoms with E-state index in [0.29, 0.717) is 33.9 Å². The highest BCUT2D eigenvalue weighted by Gasteiger charge is 2.31. The summed E-state index contributed by atoms with van der Waals surface area (Å²) in [7, 11) is 0. The third-order valence-corrected chi connectivity index (χ3v) is 5.16. The second kappa shape index (κ2) is 7.66. The lowest BCUT2D eigenvalue weighted by Crippen LogP contribution is -2.28. The Bertz CT molecular complexity index is 1020. The van der Waals surface area contributed by atoms with Crippen LogP contribution in [-0.2, 0) is 9.59 Å². The topological polar surface area (TPSA) is 99.3 Å². The number of carbonyl (C=O) groups excluding carboxylic acids is 4. The number of aromatic nitrogens is 1. The van der Waals surface area contributed by atoms with E-state index in [1.54, 1.807) is 25.1 Å². The van der Waals surface area contributed by atoms with Crippen LogP contribution in [0.1, 0.15) is 77.2 Å². The first-order chi connectivity index (χ1) is 13.6. The number of imide groups is 1. The van der Waals surface area contributed by atoms with E-state index in [1.807, 2.05) is 20.8 Å². The predicted octanol–water partition coefficient (Wildman–Crippen LogP) is 3.86. The Morgan fingerprint density at radius 3 is 2.28 bits per heavy atom. The van der Waals surface area contributed by atoms with Gasteiger partial charge in [0.2, 0.25) is 11.8 Å². The van der Waals surface area contributed by atoms with Gasteiger partial charge in [0.1, 0.15) is 5.69 Å². The van der Waals surface area contributed by atoms with Crippen molar-refractivity contribution in [1.29, 1.82) is 0 Å². The highest BCUT2D eigenvalue weighted by Crippen LogP contribution is 2.30. The second-order valence-corrected chi connectivity index (χ2v) is 7.70. The molecule has 1 aromatic heterocycles. The molecule has 1 fully saturated rings. The molecule has 1 saturated heterocycles. The van der Waals surface area contributed by atoms with E-state index in [2.05, 4.69) is 10.3 Å². The number of nitrogens with zero attached hydrogens (tertiary/aromatic N) is 1. The van der Waals surface area contributed by atoms with Crippen molar-refractivity contribution >= 4 is 34.9 Å². The van der Waals surface area contributed by atoms with Crippen molar-refractivity contribution < 1.29 is 19.2 Å². The fraction of sp³-hybridized carbons (Fsp3) is 0.364. The zero-order valence-corrected chi connectivity index (χ0v) is 17.3. The second-order valence-electron chi connectivity index (χ2n) is 7.70. The molecule has 2 aromatic rings.